The van der Waals surface area contributed by atoms with Crippen LogP contribution in [-0.4, -0.2) is 9.97 Å². The Morgan fingerprint density at radius 1 is 0.700 bits per heavy atom. The summed E-state index contributed by atoms with van der Waals surface area (Å²) in [4.78, 5) is 8.95. The summed E-state index contributed by atoms with van der Waals surface area (Å²) in [6, 6.07) is 16.4. The first-order chi connectivity index (χ1) is 9.75. The number of benzene rings is 1. The molecule has 1 aromatic carbocycles. The topological polar surface area (TPSA) is 25.8 Å². The quantitative estimate of drug-likeness (QED) is 0.681. The van der Waals surface area contributed by atoms with Crippen LogP contribution in [0.5, 0.6) is 0 Å². The number of aryl methyl sites for hydroxylation is 2. The lowest BCUT2D eigenvalue weighted by Crippen LogP contribution is -1.91. The fraction of sp³-hybridized carbons (Fsp3) is 0.111. The number of nitrogens with zero attached hydrogens (tertiary/aromatic N) is 2. The molecule has 0 amide bonds. The van der Waals surface area contributed by atoms with Crippen molar-refractivity contribution in [3.8, 4) is 22.5 Å². The summed E-state index contributed by atoms with van der Waals surface area (Å²) in [6.07, 6.45) is 3.69. The summed E-state index contributed by atoms with van der Waals surface area (Å²) in [5, 5.41) is 0. The summed E-state index contributed by atoms with van der Waals surface area (Å²) in [7, 11) is 0. The Hall–Kier alpha value is -2.48. The van der Waals surface area contributed by atoms with Gasteiger partial charge in [-0.25, -0.2) is 0 Å². The Kier molecular flexibility index (Phi) is 3.30. The number of hydrogen-bond acceptors (Lipinski definition) is 2. The van der Waals surface area contributed by atoms with Gasteiger partial charge in [0.1, 0.15) is 0 Å². The molecule has 0 aliphatic rings. The van der Waals surface area contributed by atoms with Gasteiger partial charge in [0, 0.05) is 23.5 Å². The first-order valence-corrected chi connectivity index (χ1v) is 6.70. The van der Waals surface area contributed by atoms with Crippen molar-refractivity contribution in [2.75, 3.05) is 0 Å². The molecule has 2 heterocycles. The second kappa shape index (κ2) is 5.25. The van der Waals surface area contributed by atoms with Gasteiger partial charge in [-0.05, 0) is 49.2 Å². The summed E-state index contributed by atoms with van der Waals surface area (Å²) >= 11 is 0. The van der Waals surface area contributed by atoms with Gasteiger partial charge in [-0.3, -0.25) is 9.97 Å². The van der Waals surface area contributed by atoms with E-state index in [1.165, 1.54) is 16.7 Å². The largest absolute Gasteiger partial charge is 0.256 e. The maximum atomic E-state index is 4.61. The molecule has 20 heavy (non-hydrogen) atoms. The zero-order chi connectivity index (χ0) is 13.9. The Balaban J connectivity index is 2.02. The highest BCUT2D eigenvalue weighted by atomic mass is 14.7. The van der Waals surface area contributed by atoms with Gasteiger partial charge in [0.15, 0.2) is 0 Å². The van der Waals surface area contributed by atoms with Crippen molar-refractivity contribution in [1.29, 1.82) is 0 Å². The van der Waals surface area contributed by atoms with E-state index in [0.29, 0.717) is 0 Å². The van der Waals surface area contributed by atoms with Crippen LogP contribution in [0, 0.1) is 13.8 Å². The maximum Gasteiger partial charge on any atom is 0.0717 e. The van der Waals surface area contributed by atoms with Crippen molar-refractivity contribution in [2.24, 2.45) is 0 Å². The van der Waals surface area contributed by atoms with Crippen molar-refractivity contribution in [2.45, 2.75) is 13.8 Å². The van der Waals surface area contributed by atoms with Crippen molar-refractivity contribution in [3.63, 3.8) is 0 Å². The Morgan fingerprint density at radius 2 is 1.50 bits per heavy atom. The minimum absolute atomic E-state index is 0.952. The molecule has 3 rings (SSSR count). The minimum atomic E-state index is 0.952. The average molecular weight is 260 g/mol. The van der Waals surface area contributed by atoms with E-state index in [2.05, 4.69) is 54.1 Å². The summed E-state index contributed by atoms with van der Waals surface area (Å²) in [5.41, 5.74) is 6.74. The Bertz CT molecular complexity index is 696. The molecule has 0 N–H and O–H groups in total. The summed E-state index contributed by atoms with van der Waals surface area (Å²) < 4.78 is 0. The molecular weight excluding hydrogens is 244 g/mol. The molecule has 0 spiro atoms. The zero-order valence-corrected chi connectivity index (χ0v) is 11.7. The predicted molar refractivity (Wildman–Crippen MR) is 82.4 cm³/mol. The molecular formula is C18H16N2. The van der Waals surface area contributed by atoms with E-state index >= 15 is 0 Å². The van der Waals surface area contributed by atoms with Gasteiger partial charge in [0.05, 0.1) is 11.4 Å². The van der Waals surface area contributed by atoms with Crippen molar-refractivity contribution in [1.82, 2.24) is 9.97 Å². The van der Waals surface area contributed by atoms with Crippen LogP contribution < -0.4 is 0 Å². The highest BCUT2D eigenvalue weighted by Gasteiger charge is 2.07. The van der Waals surface area contributed by atoms with Crippen molar-refractivity contribution >= 4 is 0 Å². The Morgan fingerprint density at radius 3 is 2.10 bits per heavy atom. The minimum Gasteiger partial charge on any atom is -0.256 e. The van der Waals surface area contributed by atoms with Crippen LogP contribution in [0.1, 0.15) is 11.1 Å². The van der Waals surface area contributed by atoms with Crippen LogP contribution in [-0.2, 0) is 0 Å². The number of rotatable bonds is 2. The maximum absolute atomic E-state index is 4.61. The zero-order valence-electron chi connectivity index (χ0n) is 11.7. The molecule has 0 saturated heterocycles. The van der Waals surface area contributed by atoms with Gasteiger partial charge in [-0.1, -0.05) is 24.3 Å². The van der Waals surface area contributed by atoms with E-state index in [0.717, 1.165) is 17.0 Å². The highest BCUT2D eigenvalue weighted by molar-refractivity contribution is 5.69. The number of pyridine rings is 2. The standard InChI is InChI=1S/C18H16N2/c1-13-6-5-7-14(2)18(13)17-10-9-15(12-20-17)16-8-3-4-11-19-16/h3-12H,1-2H3. The molecule has 2 heteroatoms. The molecule has 0 aliphatic carbocycles. The first kappa shape index (κ1) is 12.5. The van der Waals surface area contributed by atoms with E-state index in [4.69, 9.17) is 0 Å². The normalized spacial score (nSPS) is 10.5. The third-order valence-electron chi connectivity index (χ3n) is 3.46. The third-order valence-corrected chi connectivity index (χ3v) is 3.46. The monoisotopic (exact) mass is 260 g/mol. The molecule has 0 aliphatic heterocycles. The lowest BCUT2D eigenvalue weighted by Gasteiger charge is -2.09. The van der Waals surface area contributed by atoms with E-state index in [-0.39, 0.29) is 0 Å². The number of hydrogen-bond donors (Lipinski definition) is 0. The molecule has 3 aromatic rings. The fourth-order valence-electron chi connectivity index (χ4n) is 2.45. The van der Waals surface area contributed by atoms with Gasteiger partial charge in [-0.15, -0.1) is 0 Å². The molecule has 0 radical (unpaired) electrons. The third kappa shape index (κ3) is 2.32. The number of aromatic nitrogens is 2. The van der Waals surface area contributed by atoms with Crippen LogP contribution in [0.4, 0.5) is 0 Å². The lowest BCUT2D eigenvalue weighted by atomic mass is 9.99. The van der Waals surface area contributed by atoms with Crippen LogP contribution >= 0.6 is 0 Å². The highest BCUT2D eigenvalue weighted by Crippen LogP contribution is 2.26. The van der Waals surface area contributed by atoms with Gasteiger partial charge in [0.2, 0.25) is 0 Å². The Labute approximate surface area is 119 Å². The van der Waals surface area contributed by atoms with Crippen LogP contribution in [0.2, 0.25) is 0 Å². The molecule has 0 saturated carbocycles. The van der Waals surface area contributed by atoms with Gasteiger partial charge in [0.25, 0.3) is 0 Å². The molecule has 2 nitrogen and oxygen atoms in total. The summed E-state index contributed by atoms with van der Waals surface area (Å²) in [5.74, 6) is 0. The second-order valence-electron chi connectivity index (χ2n) is 4.91. The summed E-state index contributed by atoms with van der Waals surface area (Å²) in [6.45, 7) is 4.24. The van der Waals surface area contributed by atoms with Crippen LogP contribution in [0.25, 0.3) is 22.5 Å². The molecule has 0 bridgehead atoms. The van der Waals surface area contributed by atoms with Gasteiger partial charge < -0.3 is 0 Å². The first-order valence-electron chi connectivity index (χ1n) is 6.70. The van der Waals surface area contributed by atoms with Crippen molar-refractivity contribution in [3.05, 3.63) is 72.1 Å². The van der Waals surface area contributed by atoms with Crippen LogP contribution in [0.15, 0.2) is 60.9 Å². The van der Waals surface area contributed by atoms with Gasteiger partial charge in [-0.2, -0.15) is 0 Å². The molecule has 0 fully saturated rings. The predicted octanol–water partition coefficient (Wildman–Crippen LogP) is 4.43. The average Bonchev–Trinajstić information content (AvgIpc) is 2.49. The molecule has 0 unspecified atom stereocenters. The second-order valence-corrected chi connectivity index (χ2v) is 4.91. The molecule has 2 aromatic heterocycles. The van der Waals surface area contributed by atoms with E-state index in [1.54, 1.807) is 6.20 Å². The lowest BCUT2D eigenvalue weighted by molar-refractivity contribution is 1.26. The molecule has 0 atom stereocenters. The smallest absolute Gasteiger partial charge is 0.0717 e. The fourth-order valence-corrected chi connectivity index (χ4v) is 2.45. The molecule has 98 valence electrons. The SMILES string of the molecule is Cc1cccc(C)c1-c1ccc(-c2ccccn2)cn1. The van der Waals surface area contributed by atoms with Crippen molar-refractivity contribution < 1.29 is 0 Å². The van der Waals surface area contributed by atoms with Gasteiger partial charge >= 0.3 is 0 Å². The van der Waals surface area contributed by atoms with Crippen LogP contribution in [0.3, 0.4) is 0 Å². The van der Waals surface area contributed by atoms with E-state index < -0.39 is 0 Å². The van der Waals surface area contributed by atoms with E-state index in [9.17, 15) is 0 Å². The van der Waals surface area contributed by atoms with E-state index in [1.807, 2.05) is 24.4 Å².